The molecule has 0 bridgehead atoms. The fraction of sp³-hybridized carbons (Fsp3) is 0.667. The summed E-state index contributed by atoms with van der Waals surface area (Å²) in [4.78, 5) is 9.26. The molecule has 2 rings (SSSR count). The van der Waals surface area contributed by atoms with Crippen LogP contribution in [0.2, 0.25) is 0 Å². The summed E-state index contributed by atoms with van der Waals surface area (Å²) in [5, 5.41) is 3.51. The largest absolute Gasteiger partial charge is 0.493 e. The number of nitrogens with zero attached hydrogens (tertiary/aromatic N) is 3. The van der Waals surface area contributed by atoms with Gasteiger partial charge in [0.15, 0.2) is 17.5 Å². The number of thioether (sulfide) groups is 1. The number of hydrogen-bond acceptors (Lipinski definition) is 6. The number of rotatable bonds is 10. The van der Waals surface area contributed by atoms with Crippen LogP contribution in [0.3, 0.4) is 0 Å². The quantitative estimate of drug-likeness (QED) is 0.352. The van der Waals surface area contributed by atoms with E-state index in [0.29, 0.717) is 17.2 Å². The first kappa shape index (κ1) is 23.5. The van der Waals surface area contributed by atoms with E-state index in [1.807, 2.05) is 30.9 Å². The zero-order valence-electron chi connectivity index (χ0n) is 18.5. The molecular formula is C21H36N4O3S. The molecule has 7 nitrogen and oxygen atoms in total. The average Bonchev–Trinajstić information content (AvgIpc) is 2.76. The third-order valence-corrected chi connectivity index (χ3v) is 5.77. The van der Waals surface area contributed by atoms with Crippen molar-refractivity contribution in [2.24, 2.45) is 4.99 Å². The Bertz CT molecular complexity index is 624. The monoisotopic (exact) mass is 424 g/mol. The molecule has 1 aliphatic heterocycles. The Balaban J connectivity index is 1.87. The Hall–Kier alpha value is -1.80. The Morgan fingerprint density at radius 3 is 2.21 bits per heavy atom. The van der Waals surface area contributed by atoms with Gasteiger partial charge in [-0.25, -0.2) is 0 Å². The normalized spacial score (nSPS) is 15.3. The van der Waals surface area contributed by atoms with Crippen molar-refractivity contribution in [1.29, 1.82) is 0 Å². The minimum absolute atomic E-state index is 0.635. The Morgan fingerprint density at radius 2 is 1.69 bits per heavy atom. The number of unbranched alkanes of at least 4 members (excludes halogenated alkanes) is 1. The van der Waals surface area contributed by atoms with Gasteiger partial charge in [0, 0.05) is 46.3 Å². The SMILES string of the molecule is CN=C(NCCCCSC)N1CCN(Cc2cc(OC)c(OC)c(OC)c2)CC1. The van der Waals surface area contributed by atoms with E-state index in [4.69, 9.17) is 14.2 Å². The molecule has 1 aliphatic rings. The van der Waals surface area contributed by atoms with Crippen LogP contribution in [0, 0.1) is 0 Å². The van der Waals surface area contributed by atoms with Crippen molar-refractivity contribution < 1.29 is 14.2 Å². The van der Waals surface area contributed by atoms with Gasteiger partial charge in [0.2, 0.25) is 5.75 Å². The summed E-state index contributed by atoms with van der Waals surface area (Å²) in [7, 11) is 6.80. The zero-order valence-corrected chi connectivity index (χ0v) is 19.3. The number of ether oxygens (including phenoxy) is 3. The van der Waals surface area contributed by atoms with Crippen LogP contribution in [0.15, 0.2) is 17.1 Å². The molecule has 0 amide bonds. The van der Waals surface area contributed by atoms with Gasteiger partial charge in [-0.05, 0) is 42.5 Å². The molecule has 1 saturated heterocycles. The van der Waals surface area contributed by atoms with Crippen molar-refractivity contribution in [2.75, 3.05) is 73.1 Å². The number of benzene rings is 1. The molecule has 8 heteroatoms. The summed E-state index contributed by atoms with van der Waals surface area (Å²) in [5.41, 5.74) is 1.16. The highest BCUT2D eigenvalue weighted by Crippen LogP contribution is 2.38. The molecule has 0 radical (unpaired) electrons. The van der Waals surface area contributed by atoms with Gasteiger partial charge in [-0.3, -0.25) is 9.89 Å². The fourth-order valence-corrected chi connectivity index (χ4v) is 4.00. The van der Waals surface area contributed by atoms with Crippen molar-refractivity contribution >= 4 is 17.7 Å². The minimum Gasteiger partial charge on any atom is -0.493 e. The topological polar surface area (TPSA) is 58.6 Å². The van der Waals surface area contributed by atoms with Crippen molar-refractivity contribution in [3.05, 3.63) is 17.7 Å². The predicted molar refractivity (Wildman–Crippen MR) is 122 cm³/mol. The maximum Gasteiger partial charge on any atom is 0.203 e. The summed E-state index contributed by atoms with van der Waals surface area (Å²) in [5.74, 6) is 4.27. The molecule has 29 heavy (non-hydrogen) atoms. The van der Waals surface area contributed by atoms with Crippen LogP contribution >= 0.6 is 11.8 Å². The zero-order chi connectivity index (χ0) is 21.1. The fourth-order valence-electron chi connectivity index (χ4n) is 3.51. The highest BCUT2D eigenvalue weighted by Gasteiger charge is 2.21. The number of nitrogens with one attached hydrogen (secondary N) is 1. The van der Waals surface area contributed by atoms with E-state index in [9.17, 15) is 0 Å². The lowest BCUT2D eigenvalue weighted by Crippen LogP contribution is -2.52. The van der Waals surface area contributed by atoms with Gasteiger partial charge in [0.25, 0.3) is 0 Å². The second-order valence-corrected chi connectivity index (χ2v) is 7.96. The van der Waals surface area contributed by atoms with Gasteiger partial charge >= 0.3 is 0 Å². The van der Waals surface area contributed by atoms with Crippen molar-refractivity contribution in [2.45, 2.75) is 19.4 Å². The molecule has 0 unspecified atom stereocenters. The van der Waals surface area contributed by atoms with Gasteiger partial charge in [-0.15, -0.1) is 0 Å². The molecule has 1 heterocycles. The minimum atomic E-state index is 0.635. The molecule has 164 valence electrons. The van der Waals surface area contributed by atoms with Crippen LogP contribution in [0.1, 0.15) is 18.4 Å². The molecule has 0 saturated carbocycles. The third-order valence-electron chi connectivity index (χ3n) is 5.07. The van der Waals surface area contributed by atoms with Crippen LogP contribution < -0.4 is 19.5 Å². The van der Waals surface area contributed by atoms with Crippen molar-refractivity contribution in [3.63, 3.8) is 0 Å². The predicted octanol–water partition coefficient (Wildman–Crippen LogP) is 2.55. The average molecular weight is 425 g/mol. The Kier molecular flexibility index (Phi) is 10.3. The van der Waals surface area contributed by atoms with Crippen LogP contribution in [-0.4, -0.2) is 88.9 Å². The molecule has 0 atom stereocenters. The first-order valence-corrected chi connectivity index (χ1v) is 11.5. The molecule has 0 aliphatic carbocycles. The van der Waals surface area contributed by atoms with Gasteiger partial charge < -0.3 is 24.4 Å². The second-order valence-electron chi connectivity index (χ2n) is 6.97. The molecular weight excluding hydrogens is 388 g/mol. The van der Waals surface area contributed by atoms with E-state index in [1.165, 1.54) is 18.6 Å². The molecule has 0 aromatic heterocycles. The van der Waals surface area contributed by atoms with E-state index >= 15 is 0 Å². The first-order chi connectivity index (χ1) is 14.2. The van der Waals surface area contributed by atoms with E-state index in [2.05, 4.69) is 26.4 Å². The molecule has 1 N–H and O–H groups in total. The maximum atomic E-state index is 5.48. The summed E-state index contributed by atoms with van der Waals surface area (Å²) in [6.45, 7) is 5.75. The van der Waals surface area contributed by atoms with Gasteiger partial charge in [-0.1, -0.05) is 0 Å². The van der Waals surface area contributed by atoms with Gasteiger partial charge in [0.1, 0.15) is 0 Å². The highest BCUT2D eigenvalue weighted by molar-refractivity contribution is 7.98. The Morgan fingerprint density at radius 1 is 1.03 bits per heavy atom. The smallest absolute Gasteiger partial charge is 0.203 e. The van der Waals surface area contributed by atoms with Crippen LogP contribution in [0.4, 0.5) is 0 Å². The number of methoxy groups -OCH3 is 3. The summed E-state index contributed by atoms with van der Waals surface area (Å²) >= 11 is 1.90. The lowest BCUT2D eigenvalue weighted by molar-refractivity contribution is 0.172. The first-order valence-electron chi connectivity index (χ1n) is 10.1. The molecule has 0 spiro atoms. The van der Waals surface area contributed by atoms with E-state index in [0.717, 1.165) is 50.8 Å². The van der Waals surface area contributed by atoms with Gasteiger partial charge in [-0.2, -0.15) is 11.8 Å². The standard InChI is InChI=1S/C21H36N4O3S/c1-22-21(23-8-6-7-13-29-5)25-11-9-24(10-12-25)16-17-14-18(26-2)20(28-4)19(15-17)27-3/h14-15H,6-13,16H2,1-5H3,(H,22,23). The molecule has 1 aromatic rings. The van der Waals surface area contributed by atoms with Crippen LogP contribution in [-0.2, 0) is 6.54 Å². The summed E-state index contributed by atoms with van der Waals surface area (Å²) in [6, 6.07) is 4.06. The maximum absolute atomic E-state index is 5.48. The summed E-state index contributed by atoms with van der Waals surface area (Å²) < 4.78 is 16.4. The number of piperazine rings is 1. The molecule has 1 aromatic carbocycles. The third kappa shape index (κ3) is 6.89. The number of aliphatic imine (C=N–C) groups is 1. The van der Waals surface area contributed by atoms with E-state index < -0.39 is 0 Å². The van der Waals surface area contributed by atoms with Crippen molar-refractivity contribution in [3.8, 4) is 17.2 Å². The lowest BCUT2D eigenvalue weighted by atomic mass is 10.1. The highest BCUT2D eigenvalue weighted by atomic mass is 32.2. The molecule has 1 fully saturated rings. The number of guanidine groups is 1. The lowest BCUT2D eigenvalue weighted by Gasteiger charge is -2.36. The van der Waals surface area contributed by atoms with E-state index in [1.54, 1.807) is 21.3 Å². The van der Waals surface area contributed by atoms with Crippen LogP contribution in [0.25, 0.3) is 0 Å². The Labute approximate surface area is 179 Å². The van der Waals surface area contributed by atoms with E-state index in [-0.39, 0.29) is 0 Å². The van der Waals surface area contributed by atoms with Gasteiger partial charge in [0.05, 0.1) is 21.3 Å². The number of hydrogen-bond donors (Lipinski definition) is 1. The van der Waals surface area contributed by atoms with Crippen molar-refractivity contribution in [1.82, 2.24) is 15.1 Å². The van der Waals surface area contributed by atoms with Crippen LogP contribution in [0.5, 0.6) is 17.2 Å². The second kappa shape index (κ2) is 12.7. The summed E-state index contributed by atoms with van der Waals surface area (Å²) in [6.07, 6.45) is 4.58.